The number of non-ortho nitro benzene ring substituents is 1. The van der Waals surface area contributed by atoms with E-state index in [-0.39, 0.29) is 28.0 Å². The van der Waals surface area contributed by atoms with E-state index in [0.717, 1.165) is 35.6 Å². The Bertz CT molecular complexity index is 1840. The van der Waals surface area contributed by atoms with Crippen LogP contribution in [0, 0.1) is 15.5 Å². The van der Waals surface area contributed by atoms with E-state index in [1.807, 2.05) is 68.4 Å². The number of carbonyl (C=O) groups is 4. The first kappa shape index (κ1) is 33.8. The van der Waals surface area contributed by atoms with Crippen LogP contribution in [0.4, 0.5) is 5.69 Å². The lowest BCUT2D eigenvalue weighted by Crippen LogP contribution is -2.50. The van der Waals surface area contributed by atoms with Crippen molar-refractivity contribution in [1.29, 1.82) is 0 Å². The molecule has 11 nitrogen and oxygen atoms in total. The fourth-order valence-electron chi connectivity index (χ4n) is 6.32. The first-order chi connectivity index (χ1) is 22.8. The van der Waals surface area contributed by atoms with E-state index in [9.17, 15) is 29.3 Å². The first-order valence-corrected chi connectivity index (χ1v) is 15.5. The molecule has 0 unspecified atom stereocenters. The van der Waals surface area contributed by atoms with Crippen molar-refractivity contribution in [1.82, 2.24) is 10.6 Å². The Morgan fingerprint density at radius 1 is 0.979 bits per heavy atom. The summed E-state index contributed by atoms with van der Waals surface area (Å²) in [6.45, 7) is 7.23. The topological polar surface area (TPSA) is 154 Å². The third kappa shape index (κ3) is 7.05. The van der Waals surface area contributed by atoms with Gasteiger partial charge in [0.05, 0.1) is 17.6 Å². The molecule has 2 aliphatic rings. The predicted molar refractivity (Wildman–Crippen MR) is 177 cm³/mol. The van der Waals surface area contributed by atoms with Crippen LogP contribution in [-0.4, -0.2) is 47.8 Å². The van der Waals surface area contributed by atoms with E-state index in [2.05, 4.69) is 10.6 Å². The van der Waals surface area contributed by atoms with Crippen LogP contribution < -0.4 is 10.6 Å². The molecule has 0 spiro atoms. The first-order valence-electron chi connectivity index (χ1n) is 15.5. The van der Waals surface area contributed by atoms with Gasteiger partial charge in [-0.1, -0.05) is 74.5 Å². The van der Waals surface area contributed by atoms with Crippen molar-refractivity contribution < 1.29 is 33.6 Å². The minimum Gasteiger partial charge on any atom is -0.467 e. The summed E-state index contributed by atoms with van der Waals surface area (Å²) < 4.78 is 10.7. The minimum atomic E-state index is -1.45. The normalized spacial score (nSPS) is 18.2. The standard InChI is InChI=1S/C37H37N3O8/c1-21-30(35(43)48-22(2)33(36(44)47-5)39-34(42)26-12-9-13-27(18-26)40(45)46)31(32-28(38-21)19-37(3,4)20-29(32)41)25-16-14-24(15-17-25)23-10-7-6-8-11-23/h6-18,22,31,33,38H,19-20H2,1-5H3,(H,39,42)/t22-,31-,33+/m1/s1. The highest BCUT2D eigenvalue weighted by atomic mass is 16.6. The van der Waals surface area contributed by atoms with Crippen LogP contribution in [0.15, 0.2) is 101 Å². The molecule has 0 saturated heterocycles. The van der Waals surface area contributed by atoms with Crippen LogP contribution in [0.25, 0.3) is 11.1 Å². The molecule has 3 atom stereocenters. The molecule has 1 amide bonds. The van der Waals surface area contributed by atoms with Crippen molar-refractivity contribution in [3.63, 3.8) is 0 Å². The number of amides is 1. The number of hydrogen-bond donors (Lipinski definition) is 2. The number of nitrogens with one attached hydrogen (secondary N) is 2. The Morgan fingerprint density at radius 2 is 1.65 bits per heavy atom. The number of nitrogens with zero attached hydrogens (tertiary/aromatic N) is 1. The third-order valence-corrected chi connectivity index (χ3v) is 8.63. The van der Waals surface area contributed by atoms with Gasteiger partial charge in [0.25, 0.3) is 11.6 Å². The van der Waals surface area contributed by atoms with Gasteiger partial charge in [0.15, 0.2) is 11.8 Å². The van der Waals surface area contributed by atoms with Crippen molar-refractivity contribution in [2.45, 2.75) is 58.6 Å². The van der Waals surface area contributed by atoms with Crippen LogP contribution in [0.2, 0.25) is 0 Å². The van der Waals surface area contributed by atoms with Crippen molar-refractivity contribution in [3.8, 4) is 11.1 Å². The average Bonchev–Trinajstić information content (AvgIpc) is 3.05. The fourth-order valence-corrected chi connectivity index (χ4v) is 6.32. The molecule has 248 valence electrons. The van der Waals surface area contributed by atoms with Crippen LogP contribution in [0.1, 0.15) is 62.4 Å². The highest BCUT2D eigenvalue weighted by molar-refractivity contribution is 6.04. The number of dihydropyridines is 1. The molecule has 2 N–H and O–H groups in total. The van der Waals surface area contributed by atoms with Crippen molar-refractivity contribution in [2.24, 2.45) is 5.41 Å². The molecule has 0 fully saturated rings. The summed E-state index contributed by atoms with van der Waals surface area (Å²) in [5.74, 6) is -3.29. The van der Waals surface area contributed by atoms with Gasteiger partial charge in [0.2, 0.25) is 0 Å². The van der Waals surface area contributed by atoms with Gasteiger partial charge in [0, 0.05) is 47.0 Å². The number of allylic oxidation sites excluding steroid dienone is 3. The number of ketones is 1. The number of Topliss-reactive ketones (excluding diaryl/α,β-unsaturated/α-hetero) is 1. The SMILES string of the molecule is COC(=O)[C@@H](NC(=O)c1cccc([N+](=O)[O-])c1)[C@@H](C)OC(=O)C1=C(C)NC2=C(C(=O)CC(C)(C)C2)[C@@H]1c1ccc(-c2ccccc2)cc1. The lowest BCUT2D eigenvalue weighted by atomic mass is 9.68. The number of esters is 2. The van der Waals surface area contributed by atoms with Crippen LogP contribution >= 0.6 is 0 Å². The van der Waals surface area contributed by atoms with E-state index < -0.39 is 40.8 Å². The smallest absolute Gasteiger partial charge is 0.337 e. The summed E-state index contributed by atoms with van der Waals surface area (Å²) in [5.41, 5.74) is 4.02. The van der Waals surface area contributed by atoms with Gasteiger partial charge >= 0.3 is 11.9 Å². The number of nitro benzene ring substituents is 1. The molecule has 0 aromatic heterocycles. The summed E-state index contributed by atoms with van der Waals surface area (Å²) in [6, 6.07) is 21.1. The summed E-state index contributed by atoms with van der Waals surface area (Å²) in [4.78, 5) is 64.3. The van der Waals surface area contributed by atoms with Crippen molar-refractivity contribution in [2.75, 3.05) is 7.11 Å². The van der Waals surface area contributed by atoms with Crippen molar-refractivity contribution >= 4 is 29.3 Å². The van der Waals surface area contributed by atoms with Gasteiger partial charge in [-0.05, 0) is 48.4 Å². The van der Waals surface area contributed by atoms with Gasteiger partial charge < -0.3 is 20.1 Å². The predicted octanol–water partition coefficient (Wildman–Crippen LogP) is 5.77. The fraction of sp³-hybridized carbons (Fsp3) is 0.297. The Balaban J connectivity index is 1.47. The number of rotatable bonds is 9. The molecule has 11 heteroatoms. The monoisotopic (exact) mass is 651 g/mol. The Morgan fingerprint density at radius 3 is 2.29 bits per heavy atom. The second kappa shape index (κ2) is 13.6. The molecule has 0 saturated carbocycles. The largest absolute Gasteiger partial charge is 0.467 e. The Labute approximate surface area is 278 Å². The maximum atomic E-state index is 14.1. The van der Waals surface area contributed by atoms with Gasteiger partial charge in [-0.2, -0.15) is 0 Å². The molecule has 1 aliphatic carbocycles. The molecule has 1 heterocycles. The zero-order chi connectivity index (χ0) is 34.7. The zero-order valence-electron chi connectivity index (χ0n) is 27.4. The molecular weight excluding hydrogens is 614 g/mol. The van der Waals surface area contributed by atoms with Gasteiger partial charge in [-0.25, -0.2) is 9.59 Å². The lowest BCUT2D eigenvalue weighted by molar-refractivity contribution is -0.384. The molecule has 0 radical (unpaired) electrons. The Hall–Kier alpha value is -5.58. The average molecular weight is 652 g/mol. The summed E-state index contributed by atoms with van der Waals surface area (Å²) in [5, 5.41) is 17.0. The van der Waals surface area contributed by atoms with E-state index in [1.54, 1.807) is 6.92 Å². The molecule has 1 aliphatic heterocycles. The maximum absolute atomic E-state index is 14.1. The third-order valence-electron chi connectivity index (χ3n) is 8.63. The summed E-state index contributed by atoms with van der Waals surface area (Å²) >= 11 is 0. The van der Waals surface area contributed by atoms with E-state index >= 15 is 0 Å². The van der Waals surface area contributed by atoms with Gasteiger partial charge in [0.1, 0.15) is 6.10 Å². The molecule has 0 bridgehead atoms. The highest BCUT2D eigenvalue weighted by Crippen LogP contribution is 2.47. The molecule has 48 heavy (non-hydrogen) atoms. The van der Waals surface area contributed by atoms with E-state index in [1.165, 1.54) is 25.1 Å². The van der Waals surface area contributed by atoms with E-state index in [4.69, 9.17) is 9.47 Å². The van der Waals surface area contributed by atoms with Crippen LogP contribution in [-0.2, 0) is 23.9 Å². The summed E-state index contributed by atoms with van der Waals surface area (Å²) in [6.07, 6.45) is -0.320. The van der Waals surface area contributed by atoms with Gasteiger partial charge in [-0.3, -0.25) is 19.7 Å². The second-order valence-electron chi connectivity index (χ2n) is 12.8. The van der Waals surface area contributed by atoms with Gasteiger partial charge in [-0.15, -0.1) is 0 Å². The number of benzene rings is 3. The zero-order valence-corrected chi connectivity index (χ0v) is 27.4. The maximum Gasteiger partial charge on any atom is 0.337 e. The molecule has 3 aromatic rings. The number of methoxy groups -OCH3 is 1. The molecule has 5 rings (SSSR count). The molecular formula is C37H37N3O8. The molecule has 3 aromatic carbocycles. The van der Waals surface area contributed by atoms with Crippen LogP contribution in [0.5, 0.6) is 0 Å². The van der Waals surface area contributed by atoms with Crippen molar-refractivity contribution in [3.05, 3.63) is 123 Å². The van der Waals surface area contributed by atoms with Crippen LogP contribution in [0.3, 0.4) is 0 Å². The highest BCUT2D eigenvalue weighted by Gasteiger charge is 2.44. The Kier molecular flexibility index (Phi) is 9.60. The van der Waals surface area contributed by atoms with E-state index in [0.29, 0.717) is 24.1 Å². The number of nitro groups is 1. The lowest BCUT2D eigenvalue weighted by Gasteiger charge is -2.39. The minimum absolute atomic E-state index is 0.0659. The summed E-state index contributed by atoms with van der Waals surface area (Å²) in [7, 11) is 1.13. The number of carbonyl (C=O) groups excluding carboxylic acids is 4. The number of hydrogen-bond acceptors (Lipinski definition) is 9. The number of ether oxygens (including phenoxy) is 2. The quantitative estimate of drug-likeness (QED) is 0.167. The second-order valence-corrected chi connectivity index (χ2v) is 12.8.